The lowest BCUT2D eigenvalue weighted by molar-refractivity contribution is -0.138. The van der Waals surface area contributed by atoms with E-state index in [0.717, 1.165) is 0 Å². The summed E-state index contributed by atoms with van der Waals surface area (Å²) < 4.78 is 13.5. The fraction of sp³-hybridized carbons (Fsp3) is 0.273. The van der Waals surface area contributed by atoms with Crippen LogP contribution in [0.2, 0.25) is 0 Å². The molecule has 0 saturated carbocycles. The van der Waals surface area contributed by atoms with Gasteiger partial charge in [0.2, 0.25) is 5.91 Å². The van der Waals surface area contributed by atoms with Gasteiger partial charge in [-0.25, -0.2) is 4.39 Å². The van der Waals surface area contributed by atoms with E-state index in [1.54, 1.807) is 13.0 Å². The van der Waals surface area contributed by atoms with Crippen molar-refractivity contribution >= 4 is 17.6 Å². The van der Waals surface area contributed by atoms with Gasteiger partial charge in [0, 0.05) is 0 Å². The zero-order valence-electron chi connectivity index (χ0n) is 8.58. The van der Waals surface area contributed by atoms with Crippen molar-refractivity contribution in [3.05, 3.63) is 29.1 Å². The normalized spacial score (nSPS) is 18.1. The largest absolute Gasteiger partial charge is 0.481 e. The first-order chi connectivity index (χ1) is 7.49. The standard InChI is InChI=1S/C11H10FNO3/c1-5-2-6-7(4-9(14)15)11(16)13-10(6)8(12)3-5/h2-3,7H,4H2,1H3,(H,13,16)(H,14,15). The van der Waals surface area contributed by atoms with Crippen molar-refractivity contribution in [3.63, 3.8) is 0 Å². The lowest BCUT2D eigenvalue weighted by atomic mass is 9.96. The third kappa shape index (κ3) is 1.64. The Hall–Kier alpha value is -1.91. The van der Waals surface area contributed by atoms with E-state index < -0.39 is 23.6 Å². The first-order valence-corrected chi connectivity index (χ1v) is 4.81. The van der Waals surface area contributed by atoms with Crippen molar-refractivity contribution in [1.29, 1.82) is 0 Å². The van der Waals surface area contributed by atoms with Gasteiger partial charge in [-0.05, 0) is 24.1 Å². The molecule has 0 fully saturated rings. The number of fused-ring (bicyclic) bond motifs is 1. The van der Waals surface area contributed by atoms with Crippen LogP contribution >= 0.6 is 0 Å². The number of hydrogen-bond acceptors (Lipinski definition) is 2. The number of carboxylic acids is 1. The Kier molecular flexibility index (Phi) is 2.38. The molecule has 0 radical (unpaired) electrons. The summed E-state index contributed by atoms with van der Waals surface area (Å²) in [5, 5.41) is 11.1. The molecule has 1 atom stereocenters. The van der Waals surface area contributed by atoms with Crippen molar-refractivity contribution in [2.75, 3.05) is 5.32 Å². The van der Waals surface area contributed by atoms with Gasteiger partial charge in [0.15, 0.2) is 0 Å². The van der Waals surface area contributed by atoms with Crippen LogP contribution in [0.3, 0.4) is 0 Å². The van der Waals surface area contributed by atoms with Crippen LogP contribution in [0.1, 0.15) is 23.5 Å². The van der Waals surface area contributed by atoms with Crippen molar-refractivity contribution in [2.45, 2.75) is 19.3 Å². The first kappa shape index (κ1) is 10.6. The molecule has 0 bridgehead atoms. The maximum Gasteiger partial charge on any atom is 0.304 e. The van der Waals surface area contributed by atoms with Crippen LogP contribution in [-0.2, 0) is 9.59 Å². The Bertz CT molecular complexity index is 484. The molecule has 5 heteroatoms. The molecule has 1 aliphatic heterocycles. The first-order valence-electron chi connectivity index (χ1n) is 4.81. The summed E-state index contributed by atoms with van der Waals surface area (Å²) in [5.74, 6) is -2.84. The highest BCUT2D eigenvalue weighted by atomic mass is 19.1. The highest BCUT2D eigenvalue weighted by molar-refractivity contribution is 6.04. The number of aryl methyl sites for hydroxylation is 1. The summed E-state index contributed by atoms with van der Waals surface area (Å²) in [6, 6.07) is 2.95. The Morgan fingerprint density at radius 3 is 2.88 bits per heavy atom. The van der Waals surface area contributed by atoms with E-state index >= 15 is 0 Å². The van der Waals surface area contributed by atoms with Crippen LogP contribution in [0.4, 0.5) is 10.1 Å². The van der Waals surface area contributed by atoms with Gasteiger partial charge in [0.1, 0.15) is 5.82 Å². The topological polar surface area (TPSA) is 66.4 Å². The van der Waals surface area contributed by atoms with Gasteiger partial charge < -0.3 is 10.4 Å². The third-order valence-corrected chi connectivity index (χ3v) is 2.58. The molecular weight excluding hydrogens is 213 g/mol. The van der Waals surface area contributed by atoms with Crippen molar-refractivity contribution in [2.24, 2.45) is 0 Å². The van der Waals surface area contributed by atoms with Crippen molar-refractivity contribution in [3.8, 4) is 0 Å². The van der Waals surface area contributed by atoms with E-state index in [9.17, 15) is 14.0 Å². The number of carbonyl (C=O) groups is 2. The van der Waals surface area contributed by atoms with Gasteiger partial charge in [0.05, 0.1) is 18.0 Å². The summed E-state index contributed by atoms with van der Waals surface area (Å²) in [7, 11) is 0. The zero-order chi connectivity index (χ0) is 11.9. The SMILES string of the molecule is Cc1cc(F)c2c(c1)C(CC(=O)O)C(=O)N2. The lowest BCUT2D eigenvalue weighted by Gasteiger charge is -2.06. The maximum atomic E-state index is 13.5. The van der Waals surface area contributed by atoms with E-state index in [0.29, 0.717) is 11.1 Å². The van der Waals surface area contributed by atoms with Crippen LogP contribution in [-0.4, -0.2) is 17.0 Å². The second kappa shape index (κ2) is 3.59. The second-order valence-corrected chi connectivity index (χ2v) is 3.85. The average molecular weight is 223 g/mol. The predicted molar refractivity (Wildman–Crippen MR) is 54.8 cm³/mol. The maximum absolute atomic E-state index is 13.5. The molecule has 2 N–H and O–H groups in total. The zero-order valence-corrected chi connectivity index (χ0v) is 8.58. The molecule has 0 spiro atoms. The van der Waals surface area contributed by atoms with Gasteiger partial charge in [-0.1, -0.05) is 6.07 Å². The van der Waals surface area contributed by atoms with Crippen LogP contribution in [0.25, 0.3) is 0 Å². The molecule has 84 valence electrons. The summed E-state index contributed by atoms with van der Waals surface area (Å²) in [6.07, 6.45) is -0.318. The minimum Gasteiger partial charge on any atom is -0.481 e. The third-order valence-electron chi connectivity index (χ3n) is 2.58. The summed E-state index contributed by atoms with van der Waals surface area (Å²) in [5.41, 5.74) is 1.22. The molecule has 0 aromatic heterocycles. The van der Waals surface area contributed by atoms with Gasteiger partial charge in [-0.15, -0.1) is 0 Å². The molecule has 16 heavy (non-hydrogen) atoms. The number of carboxylic acid groups (broad SMARTS) is 1. The van der Waals surface area contributed by atoms with E-state index in [1.165, 1.54) is 6.07 Å². The second-order valence-electron chi connectivity index (χ2n) is 3.85. The van der Waals surface area contributed by atoms with Gasteiger partial charge in [-0.2, -0.15) is 0 Å². The summed E-state index contributed by atoms with van der Waals surface area (Å²) in [4.78, 5) is 22.1. The number of carbonyl (C=O) groups excluding carboxylic acids is 1. The molecule has 1 aromatic carbocycles. The lowest BCUT2D eigenvalue weighted by Crippen LogP contribution is -2.15. The Morgan fingerprint density at radius 1 is 1.56 bits per heavy atom. The summed E-state index contributed by atoms with van der Waals surface area (Å²) in [6.45, 7) is 1.70. The van der Waals surface area contributed by atoms with Crippen LogP contribution in [0.5, 0.6) is 0 Å². The monoisotopic (exact) mass is 223 g/mol. The van der Waals surface area contributed by atoms with Crippen LogP contribution in [0, 0.1) is 12.7 Å². The van der Waals surface area contributed by atoms with E-state index in [4.69, 9.17) is 5.11 Å². The Balaban J connectivity index is 2.47. The molecule has 2 rings (SSSR count). The Morgan fingerprint density at radius 2 is 2.25 bits per heavy atom. The van der Waals surface area contributed by atoms with Gasteiger partial charge in [0.25, 0.3) is 0 Å². The minimum absolute atomic E-state index is 0.113. The number of hydrogen-bond donors (Lipinski definition) is 2. The molecule has 1 aromatic rings. The fourth-order valence-corrected chi connectivity index (χ4v) is 1.90. The number of amides is 1. The quantitative estimate of drug-likeness (QED) is 0.801. The van der Waals surface area contributed by atoms with Crippen LogP contribution < -0.4 is 5.32 Å². The number of nitrogens with one attached hydrogen (secondary N) is 1. The molecule has 1 unspecified atom stereocenters. The van der Waals surface area contributed by atoms with E-state index in [1.807, 2.05) is 0 Å². The van der Waals surface area contributed by atoms with Gasteiger partial charge >= 0.3 is 5.97 Å². The molecule has 0 aliphatic carbocycles. The average Bonchev–Trinajstić information content (AvgIpc) is 2.45. The number of benzene rings is 1. The molecule has 1 heterocycles. The number of anilines is 1. The smallest absolute Gasteiger partial charge is 0.304 e. The van der Waals surface area contributed by atoms with Crippen LogP contribution in [0.15, 0.2) is 12.1 Å². The van der Waals surface area contributed by atoms with Crippen molar-refractivity contribution < 1.29 is 19.1 Å². The van der Waals surface area contributed by atoms with Crippen molar-refractivity contribution in [1.82, 2.24) is 0 Å². The molecule has 0 saturated heterocycles. The highest BCUT2D eigenvalue weighted by Gasteiger charge is 2.34. The Labute approximate surface area is 91.1 Å². The predicted octanol–water partition coefficient (Wildman–Crippen LogP) is 1.64. The summed E-state index contributed by atoms with van der Waals surface area (Å²) >= 11 is 0. The number of aliphatic carboxylic acids is 1. The molecule has 1 aliphatic rings. The molecular formula is C11H10FNO3. The highest BCUT2D eigenvalue weighted by Crippen LogP contribution is 2.37. The molecule has 1 amide bonds. The minimum atomic E-state index is -1.07. The van der Waals surface area contributed by atoms with E-state index in [2.05, 4.69) is 5.32 Å². The number of halogens is 1. The fourth-order valence-electron chi connectivity index (χ4n) is 1.90. The number of rotatable bonds is 2. The molecule has 4 nitrogen and oxygen atoms in total. The van der Waals surface area contributed by atoms with Gasteiger partial charge in [-0.3, -0.25) is 9.59 Å². The van der Waals surface area contributed by atoms with E-state index in [-0.39, 0.29) is 12.1 Å².